The number of carbonyl (C=O) groups excluding carboxylic acids is 1. The molecule has 0 fully saturated rings. The standard InChI is InChI=1S/C30H31N3O/c1-20-4-8-26(9-5-20)30(34)31-17-23-7-15-29-32-28(19-33(29)18-23)25-13-11-24(12-14-25)27-10-6-21(2)22(3)16-27/h4-6,8-14,16,19,23H,7,15,17-18H2,1-3H3,(H,31,34). The van der Waals surface area contributed by atoms with Crippen molar-refractivity contribution in [2.75, 3.05) is 6.54 Å². The van der Waals surface area contributed by atoms with Gasteiger partial charge >= 0.3 is 0 Å². The minimum absolute atomic E-state index is 0.000905. The Labute approximate surface area is 201 Å². The van der Waals surface area contributed by atoms with Crippen molar-refractivity contribution in [3.05, 3.63) is 101 Å². The van der Waals surface area contributed by atoms with Gasteiger partial charge in [0.15, 0.2) is 0 Å². The molecule has 0 aliphatic carbocycles. The maximum atomic E-state index is 12.5. The first kappa shape index (κ1) is 22.1. The van der Waals surface area contributed by atoms with Crippen LogP contribution in [0, 0.1) is 26.7 Å². The van der Waals surface area contributed by atoms with Crippen LogP contribution in [0.3, 0.4) is 0 Å². The number of nitrogens with one attached hydrogen (secondary N) is 1. The number of nitrogens with zero attached hydrogens (tertiary/aromatic N) is 2. The molecule has 1 aromatic heterocycles. The smallest absolute Gasteiger partial charge is 0.251 e. The Bertz CT molecular complexity index is 1320. The van der Waals surface area contributed by atoms with E-state index in [0.717, 1.165) is 47.6 Å². The second kappa shape index (κ2) is 9.30. The second-order valence-corrected chi connectivity index (χ2v) is 9.55. The summed E-state index contributed by atoms with van der Waals surface area (Å²) in [5.41, 5.74) is 9.13. The lowest BCUT2D eigenvalue weighted by molar-refractivity contribution is 0.0943. The molecule has 5 rings (SSSR count). The predicted molar refractivity (Wildman–Crippen MR) is 138 cm³/mol. The molecule has 0 bridgehead atoms. The van der Waals surface area contributed by atoms with Gasteiger partial charge in [0.25, 0.3) is 5.91 Å². The molecule has 3 aromatic carbocycles. The Morgan fingerprint density at radius 2 is 1.62 bits per heavy atom. The average molecular weight is 450 g/mol. The van der Waals surface area contributed by atoms with Gasteiger partial charge in [0.2, 0.25) is 0 Å². The van der Waals surface area contributed by atoms with E-state index in [-0.39, 0.29) is 5.91 Å². The van der Waals surface area contributed by atoms with Crippen LogP contribution in [0.5, 0.6) is 0 Å². The van der Waals surface area contributed by atoms with Crippen molar-refractivity contribution in [2.45, 2.75) is 40.2 Å². The van der Waals surface area contributed by atoms with Gasteiger partial charge in [0.05, 0.1) is 5.69 Å². The zero-order valence-electron chi connectivity index (χ0n) is 20.1. The minimum Gasteiger partial charge on any atom is -0.352 e. The van der Waals surface area contributed by atoms with E-state index in [1.54, 1.807) is 0 Å². The Kier molecular flexibility index (Phi) is 6.06. The first-order valence-electron chi connectivity index (χ1n) is 12.1. The van der Waals surface area contributed by atoms with Crippen molar-refractivity contribution >= 4 is 5.91 Å². The summed E-state index contributed by atoms with van der Waals surface area (Å²) < 4.78 is 2.26. The van der Waals surface area contributed by atoms with E-state index in [0.29, 0.717) is 12.5 Å². The number of benzene rings is 3. The number of imidazole rings is 1. The first-order chi connectivity index (χ1) is 16.5. The summed E-state index contributed by atoms with van der Waals surface area (Å²) in [5, 5.41) is 3.11. The molecule has 1 N–H and O–H groups in total. The molecular formula is C30H31N3O. The predicted octanol–water partition coefficient (Wildman–Crippen LogP) is 6.13. The molecule has 1 aliphatic rings. The lowest BCUT2D eigenvalue weighted by Gasteiger charge is -2.23. The highest BCUT2D eigenvalue weighted by molar-refractivity contribution is 5.94. The van der Waals surface area contributed by atoms with Gasteiger partial charge in [-0.15, -0.1) is 0 Å². The number of carbonyl (C=O) groups is 1. The van der Waals surface area contributed by atoms with Crippen LogP contribution in [-0.2, 0) is 13.0 Å². The van der Waals surface area contributed by atoms with Crippen LogP contribution in [0.1, 0.15) is 39.3 Å². The highest BCUT2D eigenvalue weighted by atomic mass is 16.1. The third-order valence-corrected chi connectivity index (χ3v) is 6.98. The maximum absolute atomic E-state index is 12.5. The van der Waals surface area contributed by atoms with Crippen molar-refractivity contribution in [3.63, 3.8) is 0 Å². The fourth-order valence-corrected chi connectivity index (χ4v) is 4.62. The summed E-state index contributed by atoms with van der Waals surface area (Å²) in [6, 6.07) is 23.0. The van der Waals surface area contributed by atoms with Crippen molar-refractivity contribution < 1.29 is 4.79 Å². The molecular weight excluding hydrogens is 418 g/mol. The van der Waals surface area contributed by atoms with Gasteiger partial charge < -0.3 is 9.88 Å². The van der Waals surface area contributed by atoms with Crippen molar-refractivity contribution in [1.82, 2.24) is 14.9 Å². The van der Waals surface area contributed by atoms with Crippen LogP contribution in [0.2, 0.25) is 0 Å². The quantitative estimate of drug-likeness (QED) is 0.398. The van der Waals surface area contributed by atoms with E-state index < -0.39 is 0 Å². The van der Waals surface area contributed by atoms with Crippen LogP contribution in [0.15, 0.2) is 72.9 Å². The average Bonchev–Trinajstić information content (AvgIpc) is 3.28. The van der Waals surface area contributed by atoms with Crippen LogP contribution >= 0.6 is 0 Å². The number of rotatable bonds is 5. The number of fused-ring (bicyclic) bond motifs is 1. The lowest BCUT2D eigenvalue weighted by atomic mass is 9.99. The molecule has 1 unspecified atom stereocenters. The number of hydrogen-bond donors (Lipinski definition) is 1. The number of aryl methyl sites for hydroxylation is 4. The van der Waals surface area contributed by atoms with Crippen LogP contribution < -0.4 is 5.32 Å². The third kappa shape index (κ3) is 4.67. The summed E-state index contributed by atoms with van der Waals surface area (Å²) in [6.07, 6.45) is 4.14. The molecule has 34 heavy (non-hydrogen) atoms. The van der Waals surface area contributed by atoms with E-state index in [1.165, 1.54) is 22.3 Å². The van der Waals surface area contributed by atoms with Crippen molar-refractivity contribution in [2.24, 2.45) is 5.92 Å². The summed E-state index contributed by atoms with van der Waals surface area (Å²) in [6.45, 7) is 7.90. The Morgan fingerprint density at radius 3 is 2.35 bits per heavy atom. The zero-order chi connectivity index (χ0) is 23.7. The van der Waals surface area contributed by atoms with Crippen LogP contribution in [-0.4, -0.2) is 22.0 Å². The van der Waals surface area contributed by atoms with E-state index >= 15 is 0 Å². The molecule has 0 saturated heterocycles. The molecule has 4 nitrogen and oxygen atoms in total. The van der Waals surface area contributed by atoms with E-state index in [1.807, 2.05) is 31.2 Å². The van der Waals surface area contributed by atoms with Gasteiger partial charge in [0.1, 0.15) is 5.82 Å². The fraction of sp³-hybridized carbons (Fsp3) is 0.267. The first-order valence-corrected chi connectivity index (χ1v) is 12.1. The Morgan fingerprint density at radius 1 is 0.912 bits per heavy atom. The topological polar surface area (TPSA) is 46.9 Å². The van der Waals surface area contributed by atoms with Gasteiger partial charge in [-0.1, -0.05) is 60.2 Å². The number of aromatic nitrogens is 2. The number of amides is 1. The largest absolute Gasteiger partial charge is 0.352 e. The van der Waals surface area contributed by atoms with Gasteiger partial charge in [0, 0.05) is 36.8 Å². The van der Waals surface area contributed by atoms with Gasteiger partial charge in [-0.05, 0) is 67.5 Å². The highest BCUT2D eigenvalue weighted by Gasteiger charge is 2.21. The Balaban J connectivity index is 1.24. The summed E-state index contributed by atoms with van der Waals surface area (Å²) in [7, 11) is 0. The lowest BCUT2D eigenvalue weighted by Crippen LogP contribution is -2.33. The normalized spacial score (nSPS) is 15.1. The highest BCUT2D eigenvalue weighted by Crippen LogP contribution is 2.28. The van der Waals surface area contributed by atoms with Crippen molar-refractivity contribution in [1.29, 1.82) is 0 Å². The molecule has 172 valence electrons. The molecule has 4 aromatic rings. The monoisotopic (exact) mass is 449 g/mol. The van der Waals surface area contributed by atoms with E-state index in [9.17, 15) is 4.79 Å². The van der Waals surface area contributed by atoms with Gasteiger partial charge in [-0.3, -0.25) is 4.79 Å². The van der Waals surface area contributed by atoms with E-state index in [4.69, 9.17) is 4.98 Å². The molecule has 4 heteroatoms. The second-order valence-electron chi connectivity index (χ2n) is 9.55. The molecule has 0 radical (unpaired) electrons. The minimum atomic E-state index is 0.000905. The molecule has 1 atom stereocenters. The SMILES string of the molecule is Cc1ccc(C(=O)NCC2CCc3nc(-c4ccc(-c5ccc(C)c(C)c5)cc4)cn3C2)cc1. The van der Waals surface area contributed by atoms with E-state index in [2.05, 4.69) is 72.4 Å². The fourth-order valence-electron chi connectivity index (χ4n) is 4.62. The zero-order valence-corrected chi connectivity index (χ0v) is 20.1. The molecule has 2 heterocycles. The summed E-state index contributed by atoms with van der Waals surface area (Å²) in [5.74, 6) is 1.55. The number of hydrogen-bond acceptors (Lipinski definition) is 2. The summed E-state index contributed by atoms with van der Waals surface area (Å²) in [4.78, 5) is 17.4. The molecule has 1 aliphatic heterocycles. The molecule has 0 saturated carbocycles. The van der Waals surface area contributed by atoms with Gasteiger partial charge in [-0.25, -0.2) is 4.98 Å². The third-order valence-electron chi connectivity index (χ3n) is 6.98. The summed E-state index contributed by atoms with van der Waals surface area (Å²) >= 11 is 0. The molecule has 1 amide bonds. The Hall–Kier alpha value is -3.66. The maximum Gasteiger partial charge on any atom is 0.251 e. The van der Waals surface area contributed by atoms with Crippen molar-refractivity contribution in [3.8, 4) is 22.4 Å². The van der Waals surface area contributed by atoms with Crippen LogP contribution in [0.25, 0.3) is 22.4 Å². The molecule has 0 spiro atoms. The van der Waals surface area contributed by atoms with Crippen LogP contribution in [0.4, 0.5) is 0 Å². The van der Waals surface area contributed by atoms with Gasteiger partial charge in [-0.2, -0.15) is 0 Å².